The summed E-state index contributed by atoms with van der Waals surface area (Å²) in [5, 5.41) is 10.4. The van der Waals surface area contributed by atoms with Crippen LogP contribution in [-0.2, 0) is 14.3 Å². The molecule has 0 radical (unpaired) electrons. The van der Waals surface area contributed by atoms with Crippen molar-refractivity contribution in [2.24, 2.45) is 0 Å². The van der Waals surface area contributed by atoms with Crippen LogP contribution < -0.4 is 5.32 Å². The number of fused-ring (bicyclic) bond motifs is 3. The Morgan fingerprint density at radius 2 is 1.59 bits per heavy atom. The van der Waals surface area contributed by atoms with Crippen LogP contribution in [0.15, 0.2) is 48.5 Å². The Morgan fingerprint density at radius 1 is 1.06 bits per heavy atom. The molecule has 10 heteroatoms. The second-order valence-corrected chi connectivity index (χ2v) is 7.19. The van der Waals surface area contributed by atoms with Gasteiger partial charge < -0.3 is 20.1 Å². The number of amides is 2. The van der Waals surface area contributed by atoms with E-state index in [9.17, 15) is 27.6 Å². The molecule has 0 aromatic heterocycles. The van der Waals surface area contributed by atoms with Gasteiger partial charge in [0.15, 0.2) is 0 Å². The first-order chi connectivity index (χ1) is 15.1. The topological polar surface area (TPSA) is 95.9 Å². The second-order valence-electron chi connectivity index (χ2n) is 7.19. The zero-order valence-corrected chi connectivity index (χ0v) is 17.1. The molecule has 1 atom stereocenters. The molecule has 2 N–H and O–H groups in total. The summed E-state index contributed by atoms with van der Waals surface area (Å²) in [5.41, 5.74) is 3.66. The van der Waals surface area contributed by atoms with Crippen molar-refractivity contribution in [1.82, 2.24) is 10.2 Å². The van der Waals surface area contributed by atoms with Crippen molar-refractivity contribution in [1.29, 1.82) is 0 Å². The summed E-state index contributed by atoms with van der Waals surface area (Å²) in [6.07, 6.45) is -6.55. The average molecular weight is 450 g/mol. The van der Waals surface area contributed by atoms with Gasteiger partial charge in [-0.25, -0.2) is 4.79 Å². The number of nitrogens with one attached hydrogen (secondary N) is 1. The molecule has 0 heterocycles. The van der Waals surface area contributed by atoms with Gasteiger partial charge in [0, 0.05) is 12.5 Å². The maximum absolute atomic E-state index is 13.4. The third kappa shape index (κ3) is 4.84. The molecule has 1 unspecified atom stereocenters. The first-order valence-corrected chi connectivity index (χ1v) is 9.82. The Morgan fingerprint density at radius 3 is 2.06 bits per heavy atom. The molecular weight excluding hydrogens is 429 g/mol. The summed E-state index contributed by atoms with van der Waals surface area (Å²) >= 11 is 0. The lowest BCUT2D eigenvalue weighted by molar-refractivity contribution is -0.175. The molecule has 2 aromatic carbocycles. The molecule has 0 saturated heterocycles. The van der Waals surface area contributed by atoms with E-state index in [2.05, 4.69) is 0 Å². The van der Waals surface area contributed by atoms with Crippen molar-refractivity contribution in [3.8, 4) is 11.1 Å². The first-order valence-electron chi connectivity index (χ1n) is 9.82. The number of carbonyl (C=O) groups is 3. The van der Waals surface area contributed by atoms with Gasteiger partial charge in [0.1, 0.15) is 13.2 Å². The van der Waals surface area contributed by atoms with Crippen LogP contribution in [0.4, 0.5) is 18.0 Å². The number of hydrogen-bond acceptors (Lipinski definition) is 4. The highest BCUT2D eigenvalue weighted by Gasteiger charge is 2.48. The van der Waals surface area contributed by atoms with Gasteiger partial charge in [0.05, 0.1) is 0 Å². The number of alkyl carbamates (subject to hydrolysis) is 1. The van der Waals surface area contributed by atoms with Crippen molar-refractivity contribution >= 4 is 18.0 Å². The molecule has 0 saturated carbocycles. The third-order valence-electron chi connectivity index (χ3n) is 5.20. The monoisotopic (exact) mass is 450 g/mol. The lowest BCUT2D eigenvalue weighted by atomic mass is 9.98. The molecule has 170 valence electrons. The van der Waals surface area contributed by atoms with Gasteiger partial charge in [-0.05, 0) is 29.2 Å². The minimum absolute atomic E-state index is 0.231. The van der Waals surface area contributed by atoms with E-state index in [4.69, 9.17) is 9.84 Å². The van der Waals surface area contributed by atoms with Crippen molar-refractivity contribution in [2.75, 3.05) is 19.7 Å². The number of likely N-dealkylation sites (N-methyl/N-ethyl adjacent to an activating group) is 1. The summed E-state index contributed by atoms with van der Waals surface area (Å²) in [6, 6.07) is 12.0. The molecule has 7 nitrogen and oxygen atoms in total. The van der Waals surface area contributed by atoms with Crippen molar-refractivity contribution < 1.29 is 37.4 Å². The van der Waals surface area contributed by atoms with Gasteiger partial charge in [-0.1, -0.05) is 48.5 Å². The molecular formula is C22H21F3N2O5. The Hall–Kier alpha value is -3.56. The van der Waals surface area contributed by atoms with E-state index in [-0.39, 0.29) is 19.1 Å². The number of carboxylic acid groups (broad SMARTS) is 1. The number of carboxylic acids is 1. The normalized spacial score (nSPS) is 13.6. The molecule has 0 aliphatic heterocycles. The highest BCUT2D eigenvalue weighted by molar-refractivity contribution is 5.89. The minimum atomic E-state index is -5.13. The van der Waals surface area contributed by atoms with Gasteiger partial charge in [0.2, 0.25) is 6.04 Å². The van der Waals surface area contributed by atoms with E-state index in [0.29, 0.717) is 4.90 Å². The summed E-state index contributed by atoms with van der Waals surface area (Å²) in [5.74, 6) is -3.41. The van der Waals surface area contributed by atoms with Gasteiger partial charge >= 0.3 is 18.2 Å². The van der Waals surface area contributed by atoms with Crippen molar-refractivity contribution in [3.05, 3.63) is 59.7 Å². The standard InChI is InChI=1S/C22H21F3N2O5/c1-2-27(11-18(28)29)20(30)19(22(23,24)25)26-21(31)32-12-17-15-9-5-3-7-13(15)14-8-4-6-10-16(14)17/h3-10,17,19H,2,11-12H2,1H3,(H,26,31)(H,28,29). The van der Waals surface area contributed by atoms with E-state index < -0.39 is 36.7 Å². The van der Waals surface area contributed by atoms with Crippen LogP contribution in [0.3, 0.4) is 0 Å². The molecule has 32 heavy (non-hydrogen) atoms. The number of nitrogens with zero attached hydrogens (tertiary/aromatic N) is 1. The number of rotatable bonds is 7. The van der Waals surface area contributed by atoms with Crippen LogP contribution >= 0.6 is 0 Å². The van der Waals surface area contributed by atoms with Crippen LogP contribution in [0.25, 0.3) is 11.1 Å². The number of hydrogen-bond donors (Lipinski definition) is 2. The Kier molecular flexibility index (Phi) is 6.71. The highest BCUT2D eigenvalue weighted by Crippen LogP contribution is 2.44. The third-order valence-corrected chi connectivity index (χ3v) is 5.20. The molecule has 1 aliphatic rings. The van der Waals surface area contributed by atoms with Gasteiger partial charge in [0.25, 0.3) is 5.91 Å². The van der Waals surface area contributed by atoms with Crippen molar-refractivity contribution in [2.45, 2.75) is 25.1 Å². The Balaban J connectivity index is 1.72. The van der Waals surface area contributed by atoms with Gasteiger partial charge in [-0.2, -0.15) is 13.2 Å². The predicted molar refractivity (Wildman–Crippen MR) is 108 cm³/mol. The van der Waals surface area contributed by atoms with Crippen LogP contribution in [0.5, 0.6) is 0 Å². The zero-order chi connectivity index (χ0) is 23.5. The SMILES string of the molecule is CCN(CC(=O)O)C(=O)C(NC(=O)OCC1c2ccccc2-c2ccccc21)C(F)(F)F. The fourth-order valence-corrected chi connectivity index (χ4v) is 3.73. The van der Waals surface area contributed by atoms with Crippen LogP contribution in [0.2, 0.25) is 0 Å². The molecule has 0 bridgehead atoms. The van der Waals surface area contributed by atoms with E-state index in [1.807, 2.05) is 48.5 Å². The predicted octanol–water partition coefficient (Wildman–Crippen LogP) is 3.39. The molecule has 0 spiro atoms. The maximum atomic E-state index is 13.4. The van der Waals surface area contributed by atoms with E-state index in [1.165, 1.54) is 6.92 Å². The van der Waals surface area contributed by atoms with Crippen LogP contribution in [-0.4, -0.2) is 59.9 Å². The molecule has 0 fully saturated rings. The maximum Gasteiger partial charge on any atom is 0.417 e. The fraction of sp³-hybridized carbons (Fsp3) is 0.318. The number of alkyl halides is 3. The second kappa shape index (κ2) is 9.29. The molecule has 3 rings (SSSR count). The lowest BCUT2D eigenvalue weighted by Gasteiger charge is -2.27. The minimum Gasteiger partial charge on any atom is -0.480 e. The lowest BCUT2D eigenvalue weighted by Crippen LogP contribution is -2.56. The van der Waals surface area contributed by atoms with E-state index in [1.54, 1.807) is 5.32 Å². The van der Waals surface area contributed by atoms with E-state index in [0.717, 1.165) is 22.3 Å². The number of halogens is 3. The Bertz CT molecular complexity index is 979. The summed E-state index contributed by atoms with van der Waals surface area (Å²) < 4.78 is 45.4. The summed E-state index contributed by atoms with van der Waals surface area (Å²) in [4.78, 5) is 35.8. The summed E-state index contributed by atoms with van der Waals surface area (Å²) in [7, 11) is 0. The van der Waals surface area contributed by atoms with Gasteiger partial charge in [-0.3, -0.25) is 9.59 Å². The van der Waals surface area contributed by atoms with Crippen LogP contribution in [0.1, 0.15) is 24.0 Å². The number of carbonyl (C=O) groups excluding carboxylic acids is 2. The number of benzene rings is 2. The zero-order valence-electron chi connectivity index (χ0n) is 17.1. The summed E-state index contributed by atoms with van der Waals surface area (Å²) in [6.45, 7) is -0.0921. The quantitative estimate of drug-likeness (QED) is 0.674. The smallest absolute Gasteiger partial charge is 0.417 e. The molecule has 2 aromatic rings. The largest absolute Gasteiger partial charge is 0.480 e. The van der Waals surface area contributed by atoms with E-state index >= 15 is 0 Å². The highest BCUT2D eigenvalue weighted by atomic mass is 19.4. The number of aliphatic carboxylic acids is 1. The first kappa shape index (κ1) is 23.1. The molecule has 2 amide bonds. The number of ether oxygens (including phenoxy) is 1. The Labute approximate surface area is 181 Å². The van der Waals surface area contributed by atoms with Gasteiger partial charge in [-0.15, -0.1) is 0 Å². The fourth-order valence-electron chi connectivity index (χ4n) is 3.73. The van der Waals surface area contributed by atoms with Crippen LogP contribution in [0, 0.1) is 0 Å². The molecule has 1 aliphatic carbocycles. The van der Waals surface area contributed by atoms with Crippen molar-refractivity contribution in [3.63, 3.8) is 0 Å². The average Bonchev–Trinajstić information content (AvgIpc) is 3.07.